The van der Waals surface area contributed by atoms with Crippen LogP contribution < -0.4 is 20.1 Å². The lowest BCUT2D eigenvalue weighted by Gasteiger charge is -2.39. The number of ether oxygens (including phenoxy) is 4. The van der Waals surface area contributed by atoms with Crippen molar-refractivity contribution in [1.29, 1.82) is 0 Å². The number of hydrogen-bond acceptors (Lipinski definition) is 8. The summed E-state index contributed by atoms with van der Waals surface area (Å²) in [7, 11) is 3.31. The van der Waals surface area contributed by atoms with Gasteiger partial charge in [0.1, 0.15) is 0 Å². The van der Waals surface area contributed by atoms with E-state index in [-0.39, 0.29) is 24.6 Å². The van der Waals surface area contributed by atoms with Crippen molar-refractivity contribution in [1.82, 2.24) is 10.2 Å². The maximum Gasteiger partial charge on any atom is 0.319 e. The smallest absolute Gasteiger partial charge is 0.319 e. The van der Waals surface area contributed by atoms with Crippen LogP contribution in [0.15, 0.2) is 91.0 Å². The third kappa shape index (κ3) is 8.70. The molecule has 0 aromatic heterocycles. The zero-order valence-electron chi connectivity index (χ0n) is 28.8. The Bertz CT molecular complexity index is 1760. The molecule has 1 unspecified atom stereocenters. The number of hydrogen-bond donors (Lipinski definition) is 3. The fraction of sp³-hybridized carbons (Fsp3) is 0.350. The molecule has 2 aliphatic heterocycles. The highest BCUT2D eigenvalue weighted by Crippen LogP contribution is 2.39. The maximum atomic E-state index is 13.1. The van der Waals surface area contributed by atoms with Crippen molar-refractivity contribution in [2.24, 2.45) is 0 Å². The van der Waals surface area contributed by atoms with E-state index in [9.17, 15) is 14.7 Å². The summed E-state index contributed by atoms with van der Waals surface area (Å²) in [4.78, 5) is 27.8. The zero-order chi connectivity index (χ0) is 35.0. The standard InChI is InChI=1S/C40H45N3O7/c1-26(45)35(18-27-8-5-4-6-9-27)42-40(46)41-33-11-7-10-31(19-33)39-49-34(22-36(50-39)29-14-12-28(25-44)13-15-29)24-43-17-16-30-20-37(47-2)38(48-3)21-32(30)23-43/h4-15,19-21,34-36,39,44H,16-18,22-25H2,1-3H3,(H2,41,42,46)/t34-,35+,36+,39?/m0/s1. The molecule has 262 valence electrons. The Kier molecular flexibility index (Phi) is 11.5. The van der Waals surface area contributed by atoms with Crippen molar-refractivity contribution in [3.05, 3.63) is 124 Å². The molecule has 0 saturated carbocycles. The summed E-state index contributed by atoms with van der Waals surface area (Å²) in [6.45, 7) is 3.79. The summed E-state index contributed by atoms with van der Waals surface area (Å²) < 4.78 is 24.3. The van der Waals surface area contributed by atoms with Crippen LogP contribution in [0.1, 0.15) is 59.1 Å². The van der Waals surface area contributed by atoms with Crippen LogP contribution in [0, 0.1) is 0 Å². The number of nitrogens with one attached hydrogen (secondary N) is 2. The predicted octanol–water partition coefficient (Wildman–Crippen LogP) is 6.12. The number of anilines is 1. The lowest BCUT2D eigenvalue weighted by atomic mass is 9.97. The van der Waals surface area contributed by atoms with Crippen LogP contribution in [0.3, 0.4) is 0 Å². The van der Waals surface area contributed by atoms with Gasteiger partial charge in [0.05, 0.1) is 39.1 Å². The predicted molar refractivity (Wildman–Crippen MR) is 190 cm³/mol. The number of rotatable bonds is 12. The number of methoxy groups -OCH3 is 2. The first kappa shape index (κ1) is 35.1. The van der Waals surface area contributed by atoms with Crippen LogP contribution in [0.2, 0.25) is 0 Å². The molecule has 0 bridgehead atoms. The van der Waals surface area contributed by atoms with Crippen LogP contribution in [0.4, 0.5) is 10.5 Å². The number of amides is 2. The molecule has 3 N–H and O–H groups in total. The lowest BCUT2D eigenvalue weighted by molar-refractivity contribution is -0.253. The van der Waals surface area contributed by atoms with Gasteiger partial charge in [-0.3, -0.25) is 9.69 Å². The Labute approximate surface area is 293 Å². The average molecular weight is 680 g/mol. The second kappa shape index (κ2) is 16.3. The Hall–Kier alpha value is -4.74. The van der Waals surface area contributed by atoms with Crippen molar-refractivity contribution in [2.45, 2.75) is 63.9 Å². The van der Waals surface area contributed by atoms with Crippen LogP contribution in [0.25, 0.3) is 0 Å². The van der Waals surface area contributed by atoms with E-state index in [2.05, 4.69) is 27.7 Å². The van der Waals surface area contributed by atoms with Crippen molar-refractivity contribution in [3.63, 3.8) is 0 Å². The topological polar surface area (TPSA) is 119 Å². The van der Waals surface area contributed by atoms with Gasteiger partial charge in [0.15, 0.2) is 23.6 Å². The van der Waals surface area contributed by atoms with Gasteiger partial charge in [-0.2, -0.15) is 0 Å². The number of carbonyl (C=O) groups excluding carboxylic acids is 2. The summed E-state index contributed by atoms with van der Waals surface area (Å²) >= 11 is 0. The highest BCUT2D eigenvalue weighted by atomic mass is 16.7. The highest BCUT2D eigenvalue weighted by Gasteiger charge is 2.34. The molecule has 0 radical (unpaired) electrons. The normalized spacial score (nSPS) is 19.6. The van der Waals surface area contributed by atoms with Crippen molar-refractivity contribution in [2.75, 3.05) is 32.6 Å². The molecule has 4 aromatic carbocycles. The number of ketones is 1. The van der Waals surface area contributed by atoms with E-state index in [1.807, 2.05) is 72.8 Å². The number of carbonyl (C=O) groups is 2. The van der Waals surface area contributed by atoms with Crippen LogP contribution in [-0.2, 0) is 40.3 Å². The fourth-order valence-corrected chi connectivity index (χ4v) is 6.65. The molecule has 0 aliphatic carbocycles. The Morgan fingerprint density at radius 1 is 0.880 bits per heavy atom. The summed E-state index contributed by atoms with van der Waals surface area (Å²) in [6.07, 6.45) is 0.859. The number of fused-ring (bicyclic) bond motifs is 1. The molecule has 2 aliphatic rings. The molecule has 10 heteroatoms. The molecule has 1 fully saturated rings. The lowest BCUT2D eigenvalue weighted by Crippen LogP contribution is -2.43. The molecular weight excluding hydrogens is 634 g/mol. The first-order chi connectivity index (χ1) is 24.3. The third-order valence-corrected chi connectivity index (χ3v) is 9.37. The largest absolute Gasteiger partial charge is 0.493 e. The molecule has 4 aromatic rings. The van der Waals surface area contributed by atoms with E-state index in [1.54, 1.807) is 20.3 Å². The maximum absolute atomic E-state index is 13.1. The Morgan fingerprint density at radius 2 is 1.62 bits per heavy atom. The number of benzene rings is 4. The van der Waals surface area contributed by atoms with Crippen LogP contribution >= 0.6 is 0 Å². The monoisotopic (exact) mass is 679 g/mol. The summed E-state index contributed by atoms with van der Waals surface area (Å²) in [6, 6.07) is 27.8. The van der Waals surface area contributed by atoms with Gasteiger partial charge < -0.3 is 34.7 Å². The highest BCUT2D eigenvalue weighted by molar-refractivity contribution is 5.93. The van der Waals surface area contributed by atoms with Crippen LogP contribution in [-0.4, -0.2) is 61.3 Å². The van der Waals surface area contributed by atoms with Gasteiger partial charge in [-0.05, 0) is 71.8 Å². The summed E-state index contributed by atoms with van der Waals surface area (Å²) in [5.74, 6) is 1.34. The van der Waals surface area contributed by atoms with E-state index >= 15 is 0 Å². The third-order valence-electron chi connectivity index (χ3n) is 9.37. The van der Waals surface area contributed by atoms with E-state index in [0.29, 0.717) is 25.1 Å². The number of nitrogens with zero attached hydrogens (tertiary/aromatic N) is 1. The van der Waals surface area contributed by atoms with Crippen molar-refractivity contribution >= 4 is 17.5 Å². The van der Waals surface area contributed by atoms with Crippen molar-refractivity contribution < 1.29 is 33.6 Å². The SMILES string of the molecule is COc1cc2c(cc1OC)CN(C[C@@H]1C[C@H](c3ccc(CO)cc3)OC(c3cccc(NC(=O)N[C@H](Cc4ccccc4)C(C)=O)c3)O1)CC2. The summed E-state index contributed by atoms with van der Waals surface area (Å²) in [5, 5.41) is 15.3. The summed E-state index contributed by atoms with van der Waals surface area (Å²) in [5.41, 5.74) is 6.58. The van der Waals surface area contributed by atoms with Crippen molar-refractivity contribution in [3.8, 4) is 11.5 Å². The molecule has 10 nitrogen and oxygen atoms in total. The van der Waals surface area contributed by atoms with Gasteiger partial charge >= 0.3 is 6.03 Å². The molecular formula is C40H45N3O7. The minimum Gasteiger partial charge on any atom is -0.493 e. The number of aliphatic hydroxyl groups excluding tert-OH is 1. The average Bonchev–Trinajstić information content (AvgIpc) is 3.14. The molecule has 1 saturated heterocycles. The Balaban J connectivity index is 1.17. The minimum atomic E-state index is -0.689. The van der Waals surface area contributed by atoms with Gasteiger partial charge in [0, 0.05) is 37.3 Å². The number of aliphatic hydroxyl groups is 1. The molecule has 2 heterocycles. The second-order valence-corrected chi connectivity index (χ2v) is 12.9. The molecule has 0 spiro atoms. The first-order valence-electron chi connectivity index (χ1n) is 17.0. The quantitative estimate of drug-likeness (QED) is 0.164. The van der Waals surface area contributed by atoms with E-state index < -0.39 is 18.4 Å². The van der Waals surface area contributed by atoms with Gasteiger partial charge in [0.2, 0.25) is 0 Å². The zero-order valence-corrected chi connectivity index (χ0v) is 28.8. The molecule has 2 amide bonds. The van der Waals surface area contributed by atoms with Gasteiger partial charge in [-0.25, -0.2) is 4.79 Å². The number of Topliss-reactive ketones (excluding diaryl/α,β-unsaturated/α-hetero) is 1. The molecule has 50 heavy (non-hydrogen) atoms. The first-order valence-corrected chi connectivity index (χ1v) is 17.0. The molecule has 6 rings (SSSR count). The number of urea groups is 1. The van der Waals surface area contributed by atoms with Crippen LogP contribution in [0.5, 0.6) is 11.5 Å². The van der Waals surface area contributed by atoms with E-state index in [1.165, 1.54) is 18.1 Å². The minimum absolute atomic E-state index is 0.0277. The fourth-order valence-electron chi connectivity index (χ4n) is 6.65. The van der Waals surface area contributed by atoms with Gasteiger partial charge in [0.25, 0.3) is 0 Å². The second-order valence-electron chi connectivity index (χ2n) is 12.9. The van der Waals surface area contributed by atoms with Gasteiger partial charge in [-0.15, -0.1) is 0 Å². The Morgan fingerprint density at radius 3 is 2.32 bits per heavy atom. The van der Waals surface area contributed by atoms with E-state index in [0.717, 1.165) is 53.3 Å². The van der Waals surface area contributed by atoms with Gasteiger partial charge in [-0.1, -0.05) is 66.7 Å². The van der Waals surface area contributed by atoms with E-state index in [4.69, 9.17) is 18.9 Å². The molecule has 4 atom stereocenters.